The Hall–Kier alpha value is -1.45. The number of aryl methyl sites for hydroxylation is 1. The molecule has 0 fully saturated rings. The summed E-state index contributed by atoms with van der Waals surface area (Å²) in [6.07, 6.45) is 4.47. The van der Waals surface area contributed by atoms with Gasteiger partial charge in [-0.1, -0.05) is 19.6 Å². The largest absolute Gasteiger partial charge is 0.361 e. The molecule has 0 bridgehead atoms. The molecule has 1 rings (SSSR count). The highest BCUT2D eigenvalue weighted by molar-refractivity contribution is 6.76. The third kappa shape index (κ3) is 6.64. The van der Waals surface area contributed by atoms with Crippen LogP contribution in [0.3, 0.4) is 0 Å². The summed E-state index contributed by atoms with van der Waals surface area (Å²) in [5, 5.41) is 8.45. The van der Waals surface area contributed by atoms with Crippen molar-refractivity contribution in [1.82, 2.24) is 9.55 Å². The summed E-state index contributed by atoms with van der Waals surface area (Å²) in [4.78, 5) is 15.6. The van der Waals surface area contributed by atoms with Crippen LogP contribution in [0.2, 0.25) is 25.7 Å². The van der Waals surface area contributed by atoms with E-state index in [0.717, 1.165) is 18.5 Å². The van der Waals surface area contributed by atoms with Gasteiger partial charge in [0.05, 0.1) is 12.5 Å². The first-order valence-corrected chi connectivity index (χ1v) is 10.6. The Morgan fingerprint density at radius 2 is 2.25 bits per heavy atom. The molecule has 0 amide bonds. The number of imidazole rings is 1. The molecular weight excluding hydrogens is 270 g/mol. The fourth-order valence-electron chi connectivity index (χ4n) is 1.65. The van der Waals surface area contributed by atoms with E-state index in [2.05, 4.69) is 24.6 Å². The maximum atomic E-state index is 11.3. The summed E-state index contributed by atoms with van der Waals surface area (Å²) in [5.41, 5.74) is 0. The van der Waals surface area contributed by atoms with Gasteiger partial charge >= 0.3 is 0 Å². The average Bonchev–Trinajstić information content (AvgIpc) is 2.79. The van der Waals surface area contributed by atoms with Gasteiger partial charge in [0.1, 0.15) is 18.3 Å². The number of nitriles is 1. The summed E-state index contributed by atoms with van der Waals surface area (Å²) in [6.45, 7) is 8.20. The fourth-order valence-corrected chi connectivity index (χ4v) is 2.41. The number of ketones is 1. The van der Waals surface area contributed by atoms with E-state index >= 15 is 0 Å². The molecule has 110 valence electrons. The zero-order valence-corrected chi connectivity index (χ0v) is 13.6. The molecule has 0 atom stereocenters. The van der Waals surface area contributed by atoms with Gasteiger partial charge in [-0.3, -0.25) is 4.79 Å². The average molecular weight is 293 g/mol. The number of Topliss-reactive ketones (excluding diaryl/α,β-unsaturated/α-hetero) is 1. The predicted octanol–water partition coefficient (Wildman–Crippen LogP) is 2.61. The maximum absolute atomic E-state index is 11.3. The van der Waals surface area contributed by atoms with Crippen LogP contribution >= 0.6 is 0 Å². The summed E-state index contributed by atoms with van der Waals surface area (Å²) in [6, 6.07) is 3.01. The Balaban J connectivity index is 2.35. The van der Waals surface area contributed by atoms with Gasteiger partial charge in [-0.25, -0.2) is 4.98 Å². The first-order valence-electron chi connectivity index (χ1n) is 6.89. The van der Waals surface area contributed by atoms with E-state index in [1.54, 1.807) is 6.20 Å². The number of nitrogens with zero attached hydrogens (tertiary/aromatic N) is 3. The lowest BCUT2D eigenvalue weighted by atomic mass is 10.2. The molecule has 6 heteroatoms. The molecule has 0 aliphatic carbocycles. The van der Waals surface area contributed by atoms with Gasteiger partial charge in [0.25, 0.3) is 0 Å². The molecule has 0 aliphatic rings. The lowest BCUT2D eigenvalue weighted by molar-refractivity contribution is -0.118. The summed E-state index contributed by atoms with van der Waals surface area (Å²) >= 11 is 0. The van der Waals surface area contributed by atoms with Crippen LogP contribution < -0.4 is 0 Å². The van der Waals surface area contributed by atoms with Crippen LogP contribution in [-0.2, 0) is 22.7 Å². The highest BCUT2D eigenvalue weighted by Crippen LogP contribution is 2.09. The van der Waals surface area contributed by atoms with E-state index in [0.29, 0.717) is 19.6 Å². The zero-order chi connectivity index (χ0) is 15.0. The minimum absolute atomic E-state index is 0.0204. The lowest BCUT2D eigenvalue weighted by Crippen LogP contribution is -2.22. The van der Waals surface area contributed by atoms with Crippen molar-refractivity contribution in [2.24, 2.45) is 0 Å². The second kappa shape index (κ2) is 7.97. The molecule has 0 spiro atoms. The molecule has 0 aromatic carbocycles. The molecule has 0 radical (unpaired) electrons. The quantitative estimate of drug-likeness (QED) is 0.518. The third-order valence-electron chi connectivity index (χ3n) is 2.93. The second-order valence-corrected chi connectivity index (χ2v) is 11.7. The third-order valence-corrected chi connectivity index (χ3v) is 4.64. The smallest absolute Gasteiger partial charge is 0.147 e. The minimum atomic E-state index is -1.06. The van der Waals surface area contributed by atoms with Crippen LogP contribution in [0.4, 0.5) is 0 Å². The molecule has 1 aromatic rings. The Kier molecular flexibility index (Phi) is 6.62. The first kappa shape index (κ1) is 16.6. The molecule has 0 unspecified atom stereocenters. The van der Waals surface area contributed by atoms with E-state index in [9.17, 15) is 4.79 Å². The van der Waals surface area contributed by atoms with Crippen LogP contribution in [0, 0.1) is 11.3 Å². The summed E-state index contributed by atoms with van der Waals surface area (Å²) in [7, 11) is -1.06. The van der Waals surface area contributed by atoms with E-state index in [4.69, 9.17) is 10.00 Å². The van der Waals surface area contributed by atoms with E-state index in [1.807, 2.05) is 16.8 Å². The molecule has 20 heavy (non-hydrogen) atoms. The Labute approximate surface area is 121 Å². The SMILES string of the molecule is C[Si](C)(C)CCOCn1ccnc1CCC(=O)CC#N. The van der Waals surface area contributed by atoms with Crippen LogP contribution in [0.1, 0.15) is 18.7 Å². The van der Waals surface area contributed by atoms with Crippen molar-refractivity contribution >= 4 is 13.9 Å². The second-order valence-electron chi connectivity index (χ2n) is 6.03. The van der Waals surface area contributed by atoms with Crippen LogP contribution in [-0.4, -0.2) is 30.0 Å². The van der Waals surface area contributed by atoms with Gasteiger partial charge in [0.2, 0.25) is 0 Å². The number of carbonyl (C=O) groups excluding carboxylic acids is 1. The molecule has 0 aliphatic heterocycles. The van der Waals surface area contributed by atoms with Crippen LogP contribution in [0.5, 0.6) is 0 Å². The van der Waals surface area contributed by atoms with Crippen molar-refractivity contribution in [1.29, 1.82) is 5.26 Å². The van der Waals surface area contributed by atoms with Crippen LogP contribution in [0.15, 0.2) is 12.4 Å². The molecule has 0 saturated heterocycles. The highest BCUT2D eigenvalue weighted by atomic mass is 28.3. The molecule has 0 N–H and O–H groups in total. The van der Waals surface area contributed by atoms with Gasteiger partial charge in [0, 0.05) is 39.9 Å². The topological polar surface area (TPSA) is 67.9 Å². The van der Waals surface area contributed by atoms with Crippen molar-refractivity contribution < 1.29 is 9.53 Å². The monoisotopic (exact) mass is 293 g/mol. The van der Waals surface area contributed by atoms with Crippen molar-refractivity contribution in [3.63, 3.8) is 0 Å². The van der Waals surface area contributed by atoms with E-state index in [-0.39, 0.29) is 12.2 Å². The Bertz CT molecular complexity index is 471. The Morgan fingerprint density at radius 1 is 1.50 bits per heavy atom. The Morgan fingerprint density at radius 3 is 2.90 bits per heavy atom. The fraction of sp³-hybridized carbons (Fsp3) is 0.643. The number of hydrogen-bond donors (Lipinski definition) is 0. The first-order chi connectivity index (χ1) is 9.42. The molecular formula is C14H23N3O2Si. The number of rotatable bonds is 9. The maximum Gasteiger partial charge on any atom is 0.147 e. The highest BCUT2D eigenvalue weighted by Gasteiger charge is 2.12. The van der Waals surface area contributed by atoms with Gasteiger partial charge in [-0.2, -0.15) is 5.26 Å². The summed E-state index contributed by atoms with van der Waals surface area (Å²) in [5.74, 6) is 0.797. The lowest BCUT2D eigenvalue weighted by Gasteiger charge is -2.16. The standard InChI is InChI=1S/C14H23N3O2Si/c1-20(2,3)11-10-19-12-17-9-8-16-14(17)5-4-13(18)6-7-15/h8-9H,4-6,10-12H2,1-3H3. The molecule has 5 nitrogen and oxygen atoms in total. The van der Waals surface area contributed by atoms with Crippen LogP contribution in [0.25, 0.3) is 0 Å². The molecule has 1 aromatic heterocycles. The van der Waals surface area contributed by atoms with Crippen molar-refractivity contribution in [2.75, 3.05) is 6.61 Å². The molecule has 0 saturated carbocycles. The van der Waals surface area contributed by atoms with E-state index in [1.165, 1.54) is 0 Å². The minimum Gasteiger partial charge on any atom is -0.361 e. The zero-order valence-electron chi connectivity index (χ0n) is 12.6. The van der Waals surface area contributed by atoms with Crippen molar-refractivity contribution in [3.8, 4) is 6.07 Å². The normalized spacial score (nSPS) is 11.3. The molecule has 1 heterocycles. The number of aromatic nitrogens is 2. The van der Waals surface area contributed by atoms with Gasteiger partial charge in [0.15, 0.2) is 0 Å². The number of carbonyl (C=O) groups is 1. The van der Waals surface area contributed by atoms with Crippen molar-refractivity contribution in [3.05, 3.63) is 18.2 Å². The summed E-state index contributed by atoms with van der Waals surface area (Å²) < 4.78 is 7.59. The number of hydrogen-bond acceptors (Lipinski definition) is 4. The predicted molar refractivity (Wildman–Crippen MR) is 79.9 cm³/mol. The van der Waals surface area contributed by atoms with Crippen molar-refractivity contribution in [2.45, 2.75) is 51.7 Å². The van der Waals surface area contributed by atoms with Gasteiger partial charge in [-0.15, -0.1) is 0 Å². The van der Waals surface area contributed by atoms with Gasteiger partial charge in [-0.05, 0) is 6.04 Å². The number of ether oxygens (including phenoxy) is 1. The van der Waals surface area contributed by atoms with E-state index < -0.39 is 8.07 Å². The van der Waals surface area contributed by atoms with Gasteiger partial charge < -0.3 is 9.30 Å².